The van der Waals surface area contributed by atoms with Crippen molar-refractivity contribution < 1.29 is 18.9 Å². The SMILES string of the molecule is C[C@@H](O[Si](c1ccccc1)(c1ccccc1)C(C)(C)C)[C@H](N)C(=O)OCc1ccc([N+](=O)[O-])cc1. The molecule has 0 bridgehead atoms. The lowest BCUT2D eigenvalue weighted by Crippen LogP contribution is -2.69. The third kappa shape index (κ3) is 5.84. The molecule has 0 fully saturated rings. The first-order chi connectivity index (χ1) is 16.6. The van der Waals surface area contributed by atoms with Gasteiger partial charge in [0.25, 0.3) is 14.0 Å². The van der Waals surface area contributed by atoms with Crippen LogP contribution in [0, 0.1) is 10.1 Å². The van der Waals surface area contributed by atoms with Gasteiger partial charge in [-0.15, -0.1) is 0 Å². The van der Waals surface area contributed by atoms with Gasteiger partial charge in [-0.2, -0.15) is 0 Å². The van der Waals surface area contributed by atoms with Crippen LogP contribution in [0.25, 0.3) is 0 Å². The standard InChI is InChI=1S/C27H32N2O5Si/c1-20(25(28)26(30)33-19-21-15-17-22(18-16-21)29(31)32)34-35(27(2,3)4,23-11-7-5-8-12-23)24-13-9-6-10-14-24/h5-18,20,25H,19,28H2,1-4H3/t20-,25+/m1/s1. The second-order valence-corrected chi connectivity index (χ2v) is 13.8. The Bertz CT molecular complexity index is 1090. The van der Waals surface area contributed by atoms with Gasteiger partial charge < -0.3 is 14.9 Å². The number of non-ortho nitro benzene ring substituents is 1. The number of rotatable bonds is 9. The van der Waals surface area contributed by atoms with E-state index in [1.807, 2.05) is 36.4 Å². The summed E-state index contributed by atoms with van der Waals surface area (Å²) in [6, 6.07) is 25.1. The molecule has 0 spiro atoms. The third-order valence-electron chi connectivity index (χ3n) is 6.09. The summed E-state index contributed by atoms with van der Waals surface area (Å²) >= 11 is 0. The van der Waals surface area contributed by atoms with Crippen LogP contribution >= 0.6 is 0 Å². The van der Waals surface area contributed by atoms with Gasteiger partial charge in [-0.25, -0.2) is 0 Å². The molecule has 35 heavy (non-hydrogen) atoms. The highest BCUT2D eigenvalue weighted by Crippen LogP contribution is 2.37. The molecule has 0 heterocycles. The van der Waals surface area contributed by atoms with Crippen LogP contribution in [0.3, 0.4) is 0 Å². The first-order valence-corrected chi connectivity index (χ1v) is 13.4. The topological polar surface area (TPSA) is 105 Å². The number of nitro groups is 1. The summed E-state index contributed by atoms with van der Waals surface area (Å²) in [5.41, 5.74) is 6.94. The number of nitrogens with two attached hydrogens (primary N) is 1. The van der Waals surface area contributed by atoms with Crippen LogP contribution in [-0.4, -0.2) is 31.4 Å². The molecule has 0 radical (unpaired) electrons. The molecule has 0 aliphatic rings. The monoisotopic (exact) mass is 492 g/mol. The zero-order chi connectivity index (χ0) is 25.6. The van der Waals surface area contributed by atoms with Crippen LogP contribution in [0.15, 0.2) is 84.9 Å². The van der Waals surface area contributed by atoms with E-state index in [4.69, 9.17) is 14.9 Å². The van der Waals surface area contributed by atoms with Crippen LogP contribution < -0.4 is 16.1 Å². The molecule has 8 heteroatoms. The lowest BCUT2D eigenvalue weighted by molar-refractivity contribution is -0.384. The minimum Gasteiger partial charge on any atom is -0.460 e. The Morgan fingerprint density at radius 1 is 0.943 bits per heavy atom. The molecule has 3 aromatic rings. The first kappa shape index (κ1) is 26.3. The smallest absolute Gasteiger partial charge is 0.325 e. The van der Waals surface area contributed by atoms with Crippen molar-refractivity contribution in [3.63, 3.8) is 0 Å². The van der Waals surface area contributed by atoms with E-state index in [0.717, 1.165) is 10.4 Å². The van der Waals surface area contributed by atoms with Gasteiger partial charge >= 0.3 is 5.97 Å². The minimum absolute atomic E-state index is 0.0240. The Kier molecular flexibility index (Phi) is 8.21. The molecule has 0 aliphatic carbocycles. The van der Waals surface area contributed by atoms with Gasteiger partial charge in [0.2, 0.25) is 0 Å². The molecule has 184 valence electrons. The third-order valence-corrected chi connectivity index (χ3v) is 11.2. The van der Waals surface area contributed by atoms with Crippen molar-refractivity contribution in [1.29, 1.82) is 0 Å². The fourth-order valence-corrected chi connectivity index (χ4v) is 8.92. The molecule has 0 saturated heterocycles. The van der Waals surface area contributed by atoms with Crippen molar-refractivity contribution in [2.45, 2.75) is 51.5 Å². The molecular formula is C27H32N2O5Si. The Morgan fingerprint density at radius 2 is 1.43 bits per heavy atom. The minimum atomic E-state index is -2.88. The molecule has 3 aromatic carbocycles. The lowest BCUT2D eigenvalue weighted by Gasteiger charge is -2.45. The van der Waals surface area contributed by atoms with Crippen molar-refractivity contribution in [3.8, 4) is 0 Å². The fraction of sp³-hybridized carbons (Fsp3) is 0.296. The molecule has 2 atom stereocenters. The number of nitrogens with zero attached hydrogens (tertiary/aromatic N) is 1. The van der Waals surface area contributed by atoms with Gasteiger partial charge in [-0.3, -0.25) is 14.9 Å². The molecule has 0 amide bonds. The van der Waals surface area contributed by atoms with Crippen LogP contribution in [-0.2, 0) is 20.6 Å². The molecule has 0 aromatic heterocycles. The van der Waals surface area contributed by atoms with E-state index in [1.54, 1.807) is 19.1 Å². The summed E-state index contributed by atoms with van der Waals surface area (Å²) in [5, 5.41) is 12.8. The van der Waals surface area contributed by atoms with Gasteiger partial charge in [0.15, 0.2) is 0 Å². The van der Waals surface area contributed by atoms with E-state index in [-0.39, 0.29) is 17.3 Å². The second kappa shape index (κ2) is 10.9. The summed E-state index contributed by atoms with van der Waals surface area (Å²) < 4.78 is 12.3. The fourth-order valence-electron chi connectivity index (χ4n) is 4.20. The average molecular weight is 493 g/mol. The predicted octanol–water partition coefficient (Wildman–Crippen LogP) is 3.93. The maximum Gasteiger partial charge on any atom is 0.325 e. The molecule has 7 nitrogen and oxygen atoms in total. The number of hydrogen-bond acceptors (Lipinski definition) is 6. The molecule has 0 saturated carbocycles. The quantitative estimate of drug-likeness (QED) is 0.210. The van der Waals surface area contributed by atoms with Crippen molar-refractivity contribution in [3.05, 3.63) is 101 Å². The number of ether oxygens (including phenoxy) is 1. The van der Waals surface area contributed by atoms with Crippen molar-refractivity contribution in [1.82, 2.24) is 0 Å². The van der Waals surface area contributed by atoms with E-state index < -0.39 is 31.4 Å². The normalized spacial score (nSPS) is 13.6. The maximum absolute atomic E-state index is 12.8. The Morgan fingerprint density at radius 3 is 1.86 bits per heavy atom. The number of nitro benzene ring substituents is 1. The number of carbonyl (C=O) groups excluding carboxylic acids is 1. The maximum atomic E-state index is 12.8. The molecule has 3 rings (SSSR count). The highest BCUT2D eigenvalue weighted by atomic mass is 28.4. The Balaban J connectivity index is 1.83. The summed E-state index contributed by atoms with van der Waals surface area (Å²) in [6.45, 7) is 8.24. The second-order valence-electron chi connectivity index (χ2n) is 9.54. The van der Waals surface area contributed by atoms with Crippen LogP contribution in [0.5, 0.6) is 0 Å². The largest absolute Gasteiger partial charge is 0.460 e. The van der Waals surface area contributed by atoms with E-state index >= 15 is 0 Å². The Labute approximate surface area is 207 Å². The molecule has 2 N–H and O–H groups in total. The summed E-state index contributed by atoms with van der Waals surface area (Å²) in [7, 11) is -2.88. The highest BCUT2D eigenvalue weighted by molar-refractivity contribution is 6.99. The molecule has 0 aliphatic heterocycles. The van der Waals surface area contributed by atoms with E-state index in [1.165, 1.54) is 12.1 Å². The van der Waals surface area contributed by atoms with E-state index in [2.05, 4.69) is 45.0 Å². The van der Waals surface area contributed by atoms with Gasteiger partial charge in [-0.05, 0) is 40.0 Å². The van der Waals surface area contributed by atoms with Gasteiger partial charge in [0.05, 0.1) is 11.0 Å². The molecule has 0 unspecified atom stereocenters. The first-order valence-electron chi connectivity index (χ1n) is 11.5. The highest BCUT2D eigenvalue weighted by Gasteiger charge is 2.51. The van der Waals surface area contributed by atoms with Gasteiger partial charge in [-0.1, -0.05) is 81.4 Å². The number of benzene rings is 3. The number of carbonyl (C=O) groups is 1. The van der Waals surface area contributed by atoms with Gasteiger partial charge in [0, 0.05) is 12.1 Å². The number of esters is 1. The zero-order valence-electron chi connectivity index (χ0n) is 20.5. The summed E-state index contributed by atoms with van der Waals surface area (Å²) in [6.07, 6.45) is -0.620. The van der Waals surface area contributed by atoms with Crippen LogP contribution in [0.4, 0.5) is 5.69 Å². The summed E-state index contributed by atoms with van der Waals surface area (Å²) in [4.78, 5) is 23.2. The van der Waals surface area contributed by atoms with E-state index in [9.17, 15) is 14.9 Å². The van der Waals surface area contributed by atoms with Crippen molar-refractivity contribution in [2.24, 2.45) is 5.73 Å². The predicted molar refractivity (Wildman–Crippen MR) is 139 cm³/mol. The van der Waals surface area contributed by atoms with Crippen LogP contribution in [0.2, 0.25) is 5.04 Å². The van der Waals surface area contributed by atoms with Crippen molar-refractivity contribution >= 4 is 30.3 Å². The van der Waals surface area contributed by atoms with E-state index in [0.29, 0.717) is 5.56 Å². The zero-order valence-corrected chi connectivity index (χ0v) is 21.5. The molecular weight excluding hydrogens is 460 g/mol. The Hall–Kier alpha value is -3.33. The average Bonchev–Trinajstić information content (AvgIpc) is 2.85. The van der Waals surface area contributed by atoms with Gasteiger partial charge in [0.1, 0.15) is 12.6 Å². The number of hydrogen-bond donors (Lipinski definition) is 1. The van der Waals surface area contributed by atoms with Crippen molar-refractivity contribution in [2.75, 3.05) is 0 Å². The lowest BCUT2D eigenvalue weighted by atomic mass is 10.2. The van der Waals surface area contributed by atoms with Crippen LogP contribution in [0.1, 0.15) is 33.3 Å². The summed E-state index contributed by atoms with van der Waals surface area (Å²) in [5.74, 6) is -0.589.